The lowest BCUT2D eigenvalue weighted by molar-refractivity contribution is -0.0763. The smallest absolute Gasteiger partial charge is 0.125 e. The highest BCUT2D eigenvalue weighted by atomic mass is 79.9. The van der Waals surface area contributed by atoms with Gasteiger partial charge in [-0.1, -0.05) is 35.8 Å². The van der Waals surface area contributed by atoms with E-state index in [-0.39, 0.29) is 11.5 Å². The molecule has 110 valence electrons. The zero-order chi connectivity index (χ0) is 14.3. The fraction of sp³-hybridized carbons (Fsp3) is 0.625. The van der Waals surface area contributed by atoms with Crippen LogP contribution in [0.2, 0.25) is 0 Å². The molecule has 3 rings (SSSR count). The van der Waals surface area contributed by atoms with Crippen molar-refractivity contribution in [2.45, 2.75) is 51.3 Å². The van der Waals surface area contributed by atoms with E-state index in [0.717, 1.165) is 36.1 Å². The number of fused-ring (bicyclic) bond motifs is 1. The molecule has 0 amide bonds. The predicted octanol–water partition coefficient (Wildman–Crippen LogP) is 3.41. The number of hydrogen-bond acceptors (Lipinski definition) is 3. The largest absolute Gasteiger partial charge is 0.493 e. The van der Waals surface area contributed by atoms with Crippen molar-refractivity contribution in [3.05, 3.63) is 28.2 Å². The van der Waals surface area contributed by atoms with Crippen LogP contribution in [-0.4, -0.2) is 23.9 Å². The first kappa shape index (κ1) is 14.4. The topological polar surface area (TPSA) is 41.5 Å². The first-order valence-corrected chi connectivity index (χ1v) is 8.14. The first-order chi connectivity index (χ1) is 9.48. The zero-order valence-electron chi connectivity index (χ0n) is 12.0. The van der Waals surface area contributed by atoms with Gasteiger partial charge in [0.05, 0.1) is 12.7 Å². The van der Waals surface area contributed by atoms with Crippen LogP contribution in [0.3, 0.4) is 0 Å². The predicted molar refractivity (Wildman–Crippen MR) is 82.9 cm³/mol. The van der Waals surface area contributed by atoms with Crippen molar-refractivity contribution in [1.29, 1.82) is 0 Å². The van der Waals surface area contributed by atoms with Crippen LogP contribution in [-0.2, 0) is 0 Å². The lowest BCUT2D eigenvalue weighted by Gasteiger charge is -2.51. The highest BCUT2D eigenvalue weighted by molar-refractivity contribution is 9.10. The standard InChI is InChI=1S/C16H22BrNO2/c1-16(2)14(9-15(16)19)18-12-4-3-7-20-13-8-10(17)5-6-11(12)13/h5-6,8,12,14-15,18-19H,3-4,7,9H2,1-2H3. The third kappa shape index (κ3) is 2.49. The van der Waals surface area contributed by atoms with Gasteiger partial charge in [-0.3, -0.25) is 0 Å². The quantitative estimate of drug-likeness (QED) is 0.867. The zero-order valence-corrected chi connectivity index (χ0v) is 13.6. The second kappa shape index (κ2) is 5.32. The van der Waals surface area contributed by atoms with Crippen LogP contribution >= 0.6 is 15.9 Å². The number of hydrogen-bond donors (Lipinski definition) is 2. The molecular formula is C16H22BrNO2. The first-order valence-electron chi connectivity index (χ1n) is 7.35. The Morgan fingerprint density at radius 2 is 2.20 bits per heavy atom. The van der Waals surface area contributed by atoms with Gasteiger partial charge < -0.3 is 15.2 Å². The number of benzene rings is 1. The maximum atomic E-state index is 9.89. The molecule has 1 fully saturated rings. The Kier molecular flexibility index (Phi) is 3.82. The molecule has 1 aromatic rings. The summed E-state index contributed by atoms with van der Waals surface area (Å²) in [5.41, 5.74) is 1.20. The summed E-state index contributed by atoms with van der Waals surface area (Å²) in [7, 11) is 0. The molecule has 1 aromatic carbocycles. The van der Waals surface area contributed by atoms with Crippen LogP contribution in [0.1, 0.15) is 44.7 Å². The summed E-state index contributed by atoms with van der Waals surface area (Å²) in [4.78, 5) is 0. The molecule has 20 heavy (non-hydrogen) atoms. The molecule has 2 aliphatic rings. The number of nitrogens with one attached hydrogen (secondary N) is 1. The second-order valence-corrected chi connectivity index (χ2v) is 7.43. The highest BCUT2D eigenvalue weighted by Gasteiger charge is 2.47. The van der Waals surface area contributed by atoms with E-state index in [4.69, 9.17) is 4.74 Å². The number of rotatable bonds is 2. The molecule has 0 saturated heterocycles. The number of aliphatic hydroxyl groups excluding tert-OH is 1. The van der Waals surface area contributed by atoms with Crippen LogP contribution in [0.25, 0.3) is 0 Å². The Labute approximate surface area is 128 Å². The Morgan fingerprint density at radius 3 is 2.90 bits per heavy atom. The van der Waals surface area contributed by atoms with Gasteiger partial charge in [0.25, 0.3) is 0 Å². The minimum absolute atomic E-state index is 0.0390. The van der Waals surface area contributed by atoms with E-state index in [1.54, 1.807) is 0 Å². The maximum Gasteiger partial charge on any atom is 0.125 e. The average molecular weight is 340 g/mol. The van der Waals surface area contributed by atoms with E-state index >= 15 is 0 Å². The molecule has 1 heterocycles. The number of aliphatic hydroxyl groups is 1. The fourth-order valence-corrected chi connectivity index (χ4v) is 3.49. The van der Waals surface area contributed by atoms with Gasteiger partial charge in [-0.05, 0) is 31.4 Å². The van der Waals surface area contributed by atoms with Crippen LogP contribution < -0.4 is 10.1 Å². The average Bonchev–Trinajstić information content (AvgIpc) is 2.60. The monoisotopic (exact) mass is 339 g/mol. The summed E-state index contributed by atoms with van der Waals surface area (Å²) >= 11 is 3.50. The van der Waals surface area contributed by atoms with Crippen LogP contribution in [0, 0.1) is 5.41 Å². The van der Waals surface area contributed by atoms with Gasteiger partial charge in [-0.15, -0.1) is 0 Å². The summed E-state index contributed by atoms with van der Waals surface area (Å²) < 4.78 is 6.90. The van der Waals surface area contributed by atoms with Gasteiger partial charge in [0.15, 0.2) is 0 Å². The molecule has 0 radical (unpaired) electrons. The van der Waals surface area contributed by atoms with Gasteiger partial charge in [0.2, 0.25) is 0 Å². The summed E-state index contributed by atoms with van der Waals surface area (Å²) in [5.74, 6) is 0.979. The molecule has 0 aromatic heterocycles. The van der Waals surface area contributed by atoms with Crippen LogP contribution in [0.4, 0.5) is 0 Å². The lowest BCUT2D eigenvalue weighted by atomic mass is 9.64. The fourth-order valence-electron chi connectivity index (χ4n) is 3.15. The molecule has 3 unspecified atom stereocenters. The van der Waals surface area contributed by atoms with Crippen LogP contribution in [0.15, 0.2) is 22.7 Å². The number of halogens is 1. The van der Waals surface area contributed by atoms with Gasteiger partial charge >= 0.3 is 0 Å². The number of ether oxygens (including phenoxy) is 1. The highest BCUT2D eigenvalue weighted by Crippen LogP contribution is 2.43. The molecule has 1 saturated carbocycles. The SMILES string of the molecule is CC1(C)C(O)CC1NC1CCCOc2cc(Br)ccc21. The Balaban J connectivity index is 1.81. The summed E-state index contributed by atoms with van der Waals surface area (Å²) in [5, 5.41) is 13.6. The van der Waals surface area contributed by atoms with Gasteiger partial charge in [0, 0.05) is 27.5 Å². The summed E-state index contributed by atoms with van der Waals surface area (Å²) in [6.07, 6.45) is 2.79. The molecule has 0 bridgehead atoms. The van der Waals surface area contributed by atoms with Crippen molar-refractivity contribution in [1.82, 2.24) is 5.32 Å². The van der Waals surface area contributed by atoms with Gasteiger partial charge in [-0.2, -0.15) is 0 Å². The molecule has 1 aliphatic carbocycles. The van der Waals surface area contributed by atoms with E-state index in [2.05, 4.69) is 53.3 Å². The van der Waals surface area contributed by atoms with E-state index in [9.17, 15) is 5.11 Å². The minimum Gasteiger partial charge on any atom is -0.493 e. The second-order valence-electron chi connectivity index (χ2n) is 6.52. The maximum absolute atomic E-state index is 9.89. The van der Waals surface area contributed by atoms with Crippen molar-refractivity contribution >= 4 is 15.9 Å². The minimum atomic E-state index is -0.189. The Bertz CT molecular complexity index is 503. The Hall–Kier alpha value is -0.580. The van der Waals surface area contributed by atoms with Crippen molar-refractivity contribution in [2.24, 2.45) is 5.41 Å². The van der Waals surface area contributed by atoms with E-state index < -0.39 is 0 Å². The van der Waals surface area contributed by atoms with Gasteiger partial charge in [-0.25, -0.2) is 0 Å². The van der Waals surface area contributed by atoms with Crippen molar-refractivity contribution < 1.29 is 9.84 Å². The molecule has 1 aliphatic heterocycles. The van der Waals surface area contributed by atoms with Crippen molar-refractivity contribution in [3.8, 4) is 5.75 Å². The molecule has 3 atom stereocenters. The van der Waals surface area contributed by atoms with E-state index in [0.29, 0.717) is 12.1 Å². The van der Waals surface area contributed by atoms with E-state index in [1.165, 1.54) is 5.56 Å². The third-order valence-electron chi connectivity index (χ3n) is 4.86. The Morgan fingerprint density at radius 1 is 1.40 bits per heavy atom. The van der Waals surface area contributed by atoms with Crippen LogP contribution in [0.5, 0.6) is 5.75 Å². The molecule has 0 spiro atoms. The molecular weight excluding hydrogens is 318 g/mol. The van der Waals surface area contributed by atoms with Gasteiger partial charge in [0.1, 0.15) is 5.75 Å². The third-order valence-corrected chi connectivity index (χ3v) is 5.36. The summed E-state index contributed by atoms with van der Waals surface area (Å²) in [6.45, 7) is 5.04. The molecule has 3 nitrogen and oxygen atoms in total. The molecule has 2 N–H and O–H groups in total. The normalized spacial score (nSPS) is 31.7. The lowest BCUT2D eigenvalue weighted by Crippen LogP contribution is -2.60. The van der Waals surface area contributed by atoms with Crippen molar-refractivity contribution in [3.63, 3.8) is 0 Å². The molecule has 4 heteroatoms. The summed E-state index contributed by atoms with van der Waals surface area (Å²) in [6, 6.07) is 6.96. The van der Waals surface area contributed by atoms with Crippen molar-refractivity contribution in [2.75, 3.05) is 6.61 Å². The van der Waals surface area contributed by atoms with E-state index in [1.807, 2.05) is 0 Å².